The highest BCUT2D eigenvalue weighted by molar-refractivity contribution is 7.54. The predicted octanol–water partition coefficient (Wildman–Crippen LogP) is -1.85. The number of aromatic amines is 1. The number of fused-ring (bicyclic) bond motifs is 6. The molecule has 4 bridgehead atoms. The Labute approximate surface area is 256 Å². The first-order valence-electron chi connectivity index (χ1n) is 13.4. The van der Waals surface area contributed by atoms with Gasteiger partial charge in [0.05, 0.1) is 12.7 Å². The number of halogens is 1. The first kappa shape index (κ1) is 31.4. The molecule has 0 spiro atoms. The van der Waals surface area contributed by atoms with Crippen LogP contribution < -0.4 is 17.0 Å². The standard InChI is InChI=1S/C21H26FN10O12P2/c1-6-12-11(33)14(20(41-12)31-4-27-9-15(23)25-3-26-16(9)31)44-45(35,36)39-2-7-8(22)13(43-46(37,38)42-6)19(40-7)32-5-28-10-17(32)29-21(24)30-18(10)34/h3-8,11-14,19-20,33,35-38H,2H2,1H3,(H4-,23,24,25,26,29,30,34)/q+1/p+1/t6-,7+,8+,11+,12+,13+,14+,19+,20+/m0/s1. The van der Waals surface area contributed by atoms with Crippen LogP contribution in [0.3, 0.4) is 0 Å². The molecule has 3 fully saturated rings. The number of rotatable bonds is 2. The number of aromatic nitrogens is 8. The van der Waals surface area contributed by atoms with Gasteiger partial charge >= 0.3 is 16.3 Å². The number of hydrogen-bond acceptors (Lipinski definition) is 19. The summed E-state index contributed by atoms with van der Waals surface area (Å²) < 4.78 is 51.5. The van der Waals surface area contributed by atoms with Crippen molar-refractivity contribution in [1.29, 1.82) is 0 Å². The summed E-state index contributed by atoms with van der Waals surface area (Å²) in [5.41, 5.74) is 10.8. The van der Waals surface area contributed by atoms with Crippen LogP contribution in [0.1, 0.15) is 19.4 Å². The Kier molecular flexibility index (Phi) is 7.68. The second-order valence-electron chi connectivity index (χ2n) is 10.6. The Hall–Kier alpha value is -3.15. The molecule has 10 N–H and O–H groups in total. The molecular weight excluding hydrogens is 665 g/mol. The van der Waals surface area contributed by atoms with E-state index in [2.05, 4.69) is 29.9 Å². The van der Waals surface area contributed by atoms with Gasteiger partial charge in [0.15, 0.2) is 53.5 Å². The van der Waals surface area contributed by atoms with E-state index in [0.717, 1.165) is 17.2 Å². The van der Waals surface area contributed by atoms with Gasteiger partial charge in [0, 0.05) is 0 Å². The highest BCUT2D eigenvalue weighted by Gasteiger charge is 2.62. The number of nitrogens with zero attached hydrogens (tertiary/aromatic N) is 7. The second kappa shape index (κ2) is 11.2. The highest BCUT2D eigenvalue weighted by atomic mass is 31.2. The minimum absolute atomic E-state index is 0.0251. The maximum Gasteiger partial charge on any atom is 0.570 e. The Morgan fingerprint density at radius 3 is 2.35 bits per heavy atom. The molecule has 25 heteroatoms. The van der Waals surface area contributed by atoms with Crippen LogP contribution in [0.15, 0.2) is 23.8 Å². The smallest absolute Gasteiger partial charge is 0.387 e. The number of nitrogens with two attached hydrogens (primary N) is 2. The first-order valence-corrected chi connectivity index (χ1v) is 16.5. The van der Waals surface area contributed by atoms with E-state index in [0.29, 0.717) is 0 Å². The SMILES string of the molecule is C[C@@H]1O[P+](O)(O)O[C@@H]2[C@H](F)[C@@H](CO[P+](O)(O)O[C@@H]3[C@H](O)[C@@H]1O[C@H]3n1cnc3c(N)ncnc31)O[C@H]2n1cnc2c(=O)[nH]c(N)nc21. The summed E-state index contributed by atoms with van der Waals surface area (Å²) in [6.07, 6.45) is -11.5. The van der Waals surface area contributed by atoms with Crippen LogP contribution in [0.5, 0.6) is 0 Å². The fourth-order valence-corrected chi connectivity index (χ4v) is 7.66. The summed E-state index contributed by atoms with van der Waals surface area (Å²) in [5, 5.41) is 11.2. The van der Waals surface area contributed by atoms with Crippen molar-refractivity contribution in [2.45, 2.75) is 62.2 Å². The maximum absolute atomic E-state index is 15.9. The number of ether oxygens (including phenoxy) is 2. The molecule has 4 aromatic rings. The predicted molar refractivity (Wildman–Crippen MR) is 150 cm³/mol. The topological polar surface area (TPSA) is 316 Å². The quantitative estimate of drug-likeness (QED) is 0.107. The Morgan fingerprint density at radius 1 is 0.913 bits per heavy atom. The maximum atomic E-state index is 15.9. The zero-order valence-corrected chi connectivity index (χ0v) is 25.1. The number of anilines is 2. The molecule has 3 saturated heterocycles. The molecule has 0 amide bonds. The van der Waals surface area contributed by atoms with E-state index < -0.39 is 83.8 Å². The normalized spacial score (nSPS) is 34.6. The minimum atomic E-state index is -4.97. The molecule has 22 nitrogen and oxygen atoms in total. The molecule has 4 aromatic heterocycles. The third-order valence-corrected chi connectivity index (χ3v) is 9.72. The number of imidazole rings is 2. The Balaban J connectivity index is 1.24. The van der Waals surface area contributed by atoms with Gasteiger partial charge < -0.3 is 26.0 Å². The molecule has 3 aliphatic rings. The summed E-state index contributed by atoms with van der Waals surface area (Å²) in [5.74, 6) is -0.274. The van der Waals surface area contributed by atoms with Gasteiger partial charge in [-0.15, -0.1) is 13.6 Å². The first-order chi connectivity index (χ1) is 21.7. The van der Waals surface area contributed by atoms with Crippen LogP contribution in [0, 0.1) is 0 Å². The number of H-pyrrole nitrogens is 1. The zero-order chi connectivity index (χ0) is 32.7. The Bertz CT molecular complexity index is 1840. The molecule has 248 valence electrons. The van der Waals surface area contributed by atoms with E-state index in [1.54, 1.807) is 0 Å². The molecule has 0 radical (unpaired) electrons. The lowest BCUT2D eigenvalue weighted by atomic mass is 10.1. The van der Waals surface area contributed by atoms with Crippen molar-refractivity contribution in [2.24, 2.45) is 0 Å². The van der Waals surface area contributed by atoms with Gasteiger partial charge in [-0.3, -0.25) is 18.9 Å². The third-order valence-electron chi connectivity index (χ3n) is 7.59. The lowest BCUT2D eigenvalue weighted by Crippen LogP contribution is -2.41. The lowest BCUT2D eigenvalue weighted by molar-refractivity contribution is -0.0914. The van der Waals surface area contributed by atoms with Gasteiger partial charge in [-0.05, 0) is 6.92 Å². The largest absolute Gasteiger partial charge is 0.570 e. The molecule has 7 heterocycles. The van der Waals surface area contributed by atoms with Gasteiger partial charge in [-0.1, -0.05) is 0 Å². The van der Waals surface area contributed by atoms with Gasteiger partial charge in [-0.2, -0.15) is 29.1 Å². The van der Waals surface area contributed by atoms with Crippen LogP contribution >= 0.6 is 16.3 Å². The number of aliphatic hydroxyl groups is 1. The van der Waals surface area contributed by atoms with Crippen molar-refractivity contribution in [3.05, 3.63) is 29.3 Å². The van der Waals surface area contributed by atoms with E-state index in [1.165, 1.54) is 17.8 Å². The molecule has 0 aliphatic carbocycles. The van der Waals surface area contributed by atoms with Gasteiger partial charge in [0.25, 0.3) is 5.56 Å². The Morgan fingerprint density at radius 2 is 1.59 bits per heavy atom. The molecule has 9 atom stereocenters. The highest BCUT2D eigenvalue weighted by Crippen LogP contribution is 2.61. The zero-order valence-electron chi connectivity index (χ0n) is 23.3. The average molecular weight is 692 g/mol. The van der Waals surface area contributed by atoms with E-state index in [1.807, 2.05) is 0 Å². The average Bonchev–Trinajstić information content (AvgIpc) is 3.73. The van der Waals surface area contributed by atoms with Crippen LogP contribution in [0.2, 0.25) is 0 Å². The minimum Gasteiger partial charge on any atom is -0.387 e. The van der Waals surface area contributed by atoms with Crippen molar-refractivity contribution < 1.29 is 56.6 Å². The number of nitrogens with one attached hydrogen (secondary N) is 1. The van der Waals surface area contributed by atoms with Crippen molar-refractivity contribution >= 4 is 50.4 Å². The van der Waals surface area contributed by atoms with Crippen LogP contribution in [-0.4, -0.2) is 113 Å². The van der Waals surface area contributed by atoms with E-state index >= 15 is 4.39 Å². The second-order valence-corrected chi connectivity index (χ2v) is 13.4. The molecule has 0 aromatic carbocycles. The van der Waals surface area contributed by atoms with Crippen molar-refractivity contribution in [3.63, 3.8) is 0 Å². The molecule has 7 rings (SSSR count). The van der Waals surface area contributed by atoms with Crippen LogP contribution in [0.4, 0.5) is 16.2 Å². The lowest BCUT2D eigenvalue weighted by Gasteiger charge is -2.25. The van der Waals surface area contributed by atoms with Crippen molar-refractivity contribution in [1.82, 2.24) is 39.0 Å². The van der Waals surface area contributed by atoms with E-state index in [-0.39, 0.29) is 34.1 Å². The molecule has 3 aliphatic heterocycles. The fourth-order valence-electron chi connectivity index (χ4n) is 5.57. The fraction of sp³-hybridized carbons (Fsp3) is 0.524. The van der Waals surface area contributed by atoms with Crippen LogP contribution in [-0.2, 0) is 27.6 Å². The number of alkyl halides is 1. The van der Waals surface area contributed by atoms with Crippen molar-refractivity contribution in [2.75, 3.05) is 18.1 Å². The van der Waals surface area contributed by atoms with Crippen molar-refractivity contribution in [3.8, 4) is 0 Å². The summed E-state index contributed by atoms with van der Waals surface area (Å²) >= 11 is 0. The number of aliphatic hydroxyl groups excluding tert-OH is 1. The number of nitrogen functional groups attached to an aromatic ring is 2. The molecular formula is C21H27FN10O12P2+2. The monoisotopic (exact) mass is 692 g/mol. The van der Waals surface area contributed by atoms with Crippen LogP contribution in [0.25, 0.3) is 22.3 Å². The number of hydrogen-bond donors (Lipinski definition) is 8. The molecule has 46 heavy (non-hydrogen) atoms. The summed E-state index contributed by atoms with van der Waals surface area (Å²) in [6, 6.07) is 0. The van der Waals surface area contributed by atoms with E-state index in [4.69, 9.17) is 39.0 Å². The van der Waals surface area contributed by atoms with Gasteiger partial charge in [0.1, 0.15) is 42.9 Å². The molecule has 0 unspecified atom stereocenters. The van der Waals surface area contributed by atoms with E-state index in [9.17, 15) is 29.5 Å². The summed E-state index contributed by atoms with van der Waals surface area (Å²) in [6.45, 7) is 0.406. The molecule has 0 saturated carbocycles. The van der Waals surface area contributed by atoms with Gasteiger partial charge in [-0.25, -0.2) is 24.3 Å². The summed E-state index contributed by atoms with van der Waals surface area (Å²) in [4.78, 5) is 78.0. The van der Waals surface area contributed by atoms with Gasteiger partial charge in [0.2, 0.25) is 5.95 Å². The summed E-state index contributed by atoms with van der Waals surface area (Å²) in [7, 11) is -9.86. The third kappa shape index (κ3) is 5.38.